The highest BCUT2D eigenvalue weighted by Crippen LogP contribution is 2.28. The van der Waals surface area contributed by atoms with Crippen molar-refractivity contribution in [2.45, 2.75) is 49.5 Å². The van der Waals surface area contributed by atoms with E-state index in [2.05, 4.69) is 5.32 Å². The van der Waals surface area contributed by atoms with Crippen molar-refractivity contribution in [3.8, 4) is 0 Å². The van der Waals surface area contributed by atoms with E-state index in [-0.39, 0.29) is 0 Å². The highest BCUT2D eigenvalue weighted by molar-refractivity contribution is 7.99. The van der Waals surface area contributed by atoms with E-state index in [0.717, 1.165) is 18.3 Å². The molecule has 0 aromatic heterocycles. The second kappa shape index (κ2) is 8.41. The van der Waals surface area contributed by atoms with Crippen molar-refractivity contribution in [2.75, 3.05) is 12.3 Å². The molecule has 1 aromatic carbocycles. The SMILES string of the molecule is Clc1ccc(SCCCNC2CCCCC2)cc1Cl. The molecule has 1 fully saturated rings. The fraction of sp³-hybridized carbons (Fsp3) is 0.600. The van der Waals surface area contributed by atoms with Crippen molar-refractivity contribution in [3.63, 3.8) is 0 Å². The lowest BCUT2D eigenvalue weighted by atomic mass is 9.95. The van der Waals surface area contributed by atoms with Crippen LogP contribution in [0.15, 0.2) is 23.1 Å². The van der Waals surface area contributed by atoms with Gasteiger partial charge in [-0.1, -0.05) is 42.5 Å². The molecule has 19 heavy (non-hydrogen) atoms. The van der Waals surface area contributed by atoms with Gasteiger partial charge in [0.2, 0.25) is 0 Å². The van der Waals surface area contributed by atoms with Crippen LogP contribution in [0.4, 0.5) is 0 Å². The molecule has 2 rings (SSSR count). The summed E-state index contributed by atoms with van der Waals surface area (Å²) >= 11 is 13.7. The van der Waals surface area contributed by atoms with Crippen LogP contribution < -0.4 is 5.32 Å². The first-order valence-electron chi connectivity index (χ1n) is 7.07. The van der Waals surface area contributed by atoms with Gasteiger partial charge in [0.25, 0.3) is 0 Å². The molecule has 1 aliphatic carbocycles. The first-order valence-corrected chi connectivity index (χ1v) is 8.81. The summed E-state index contributed by atoms with van der Waals surface area (Å²) in [4.78, 5) is 1.20. The largest absolute Gasteiger partial charge is 0.314 e. The Hall–Kier alpha value is 0.110. The second-order valence-corrected chi connectivity index (χ2v) is 7.05. The van der Waals surface area contributed by atoms with Crippen molar-refractivity contribution < 1.29 is 0 Å². The lowest BCUT2D eigenvalue weighted by molar-refractivity contribution is 0.375. The minimum atomic E-state index is 0.630. The third kappa shape index (κ3) is 5.55. The molecule has 0 heterocycles. The molecule has 0 aliphatic heterocycles. The van der Waals surface area contributed by atoms with Crippen molar-refractivity contribution in [3.05, 3.63) is 28.2 Å². The zero-order chi connectivity index (χ0) is 13.5. The van der Waals surface area contributed by atoms with Crippen molar-refractivity contribution >= 4 is 35.0 Å². The predicted molar refractivity (Wildman–Crippen MR) is 86.7 cm³/mol. The number of rotatable bonds is 6. The van der Waals surface area contributed by atoms with E-state index >= 15 is 0 Å². The summed E-state index contributed by atoms with van der Waals surface area (Å²) in [5.41, 5.74) is 0. The van der Waals surface area contributed by atoms with Gasteiger partial charge in [-0.2, -0.15) is 0 Å². The average molecular weight is 318 g/mol. The summed E-state index contributed by atoms with van der Waals surface area (Å²) < 4.78 is 0. The molecule has 106 valence electrons. The Kier molecular flexibility index (Phi) is 6.86. The van der Waals surface area contributed by atoms with Gasteiger partial charge in [-0.05, 0) is 49.8 Å². The third-order valence-electron chi connectivity index (χ3n) is 3.52. The molecule has 1 aromatic rings. The van der Waals surface area contributed by atoms with Gasteiger partial charge in [0.15, 0.2) is 0 Å². The van der Waals surface area contributed by atoms with Crippen LogP contribution in [0, 0.1) is 0 Å². The lowest BCUT2D eigenvalue weighted by Crippen LogP contribution is -2.31. The van der Waals surface area contributed by atoms with Crippen LogP contribution in [0.3, 0.4) is 0 Å². The quantitative estimate of drug-likeness (QED) is 0.557. The van der Waals surface area contributed by atoms with Crippen LogP contribution in [0.25, 0.3) is 0 Å². The summed E-state index contributed by atoms with van der Waals surface area (Å²) in [7, 11) is 0. The maximum absolute atomic E-state index is 6.00. The molecule has 1 nitrogen and oxygen atoms in total. The molecule has 1 aliphatic rings. The number of nitrogens with one attached hydrogen (secondary N) is 1. The number of thioether (sulfide) groups is 1. The van der Waals surface area contributed by atoms with Crippen LogP contribution in [0.2, 0.25) is 10.0 Å². The van der Waals surface area contributed by atoms with Crippen molar-refractivity contribution in [1.82, 2.24) is 5.32 Å². The van der Waals surface area contributed by atoms with Gasteiger partial charge in [-0.25, -0.2) is 0 Å². The molecule has 1 N–H and O–H groups in total. The molecule has 0 bridgehead atoms. The van der Waals surface area contributed by atoms with Gasteiger partial charge >= 0.3 is 0 Å². The molecule has 0 atom stereocenters. The molecule has 1 saturated carbocycles. The molecular weight excluding hydrogens is 297 g/mol. The van der Waals surface area contributed by atoms with Gasteiger partial charge in [-0.3, -0.25) is 0 Å². The zero-order valence-electron chi connectivity index (χ0n) is 11.1. The van der Waals surface area contributed by atoms with E-state index in [9.17, 15) is 0 Å². The summed E-state index contributed by atoms with van der Waals surface area (Å²) in [5.74, 6) is 1.12. The minimum absolute atomic E-state index is 0.630. The average Bonchev–Trinajstić information content (AvgIpc) is 2.43. The Morgan fingerprint density at radius 2 is 1.89 bits per heavy atom. The first-order chi connectivity index (χ1) is 9.25. The highest BCUT2D eigenvalue weighted by atomic mass is 35.5. The van der Waals surface area contributed by atoms with Crippen LogP contribution in [0.1, 0.15) is 38.5 Å². The molecule has 0 saturated heterocycles. The Bertz CT molecular complexity index is 392. The molecule has 4 heteroatoms. The van der Waals surface area contributed by atoms with Gasteiger partial charge in [0, 0.05) is 10.9 Å². The Morgan fingerprint density at radius 1 is 1.11 bits per heavy atom. The number of hydrogen-bond donors (Lipinski definition) is 1. The fourth-order valence-corrected chi connectivity index (χ4v) is 3.69. The van der Waals surface area contributed by atoms with Crippen LogP contribution in [0.5, 0.6) is 0 Å². The topological polar surface area (TPSA) is 12.0 Å². The second-order valence-electron chi connectivity index (χ2n) is 5.07. The Balaban J connectivity index is 1.59. The van der Waals surface area contributed by atoms with E-state index in [1.165, 1.54) is 43.4 Å². The monoisotopic (exact) mass is 317 g/mol. The van der Waals surface area contributed by atoms with E-state index in [1.54, 1.807) is 0 Å². The maximum atomic E-state index is 6.00. The summed E-state index contributed by atoms with van der Waals surface area (Å²) in [6.45, 7) is 1.12. The fourth-order valence-electron chi connectivity index (χ4n) is 2.44. The van der Waals surface area contributed by atoms with Crippen molar-refractivity contribution in [1.29, 1.82) is 0 Å². The van der Waals surface area contributed by atoms with Crippen LogP contribution in [-0.4, -0.2) is 18.3 Å². The van der Waals surface area contributed by atoms with Gasteiger partial charge in [0.1, 0.15) is 0 Å². The smallest absolute Gasteiger partial charge is 0.0603 e. The van der Waals surface area contributed by atoms with E-state index in [1.807, 2.05) is 30.0 Å². The number of halogens is 2. The predicted octanol–water partition coefficient (Wildman–Crippen LogP) is 5.40. The van der Waals surface area contributed by atoms with E-state index in [0.29, 0.717) is 10.0 Å². The van der Waals surface area contributed by atoms with Gasteiger partial charge < -0.3 is 5.32 Å². The number of hydrogen-bond acceptors (Lipinski definition) is 2. The molecule has 0 radical (unpaired) electrons. The van der Waals surface area contributed by atoms with E-state index < -0.39 is 0 Å². The molecular formula is C15H21Cl2NS. The third-order valence-corrected chi connectivity index (χ3v) is 5.34. The summed E-state index contributed by atoms with van der Waals surface area (Å²) in [6.07, 6.45) is 8.14. The molecule has 0 spiro atoms. The van der Waals surface area contributed by atoms with Crippen LogP contribution >= 0.6 is 35.0 Å². The normalized spacial score (nSPS) is 16.7. The van der Waals surface area contributed by atoms with Crippen LogP contribution in [-0.2, 0) is 0 Å². The molecule has 0 unspecified atom stereocenters. The maximum Gasteiger partial charge on any atom is 0.0603 e. The van der Waals surface area contributed by atoms with Gasteiger partial charge in [0.05, 0.1) is 10.0 Å². The van der Waals surface area contributed by atoms with Gasteiger partial charge in [-0.15, -0.1) is 11.8 Å². The summed E-state index contributed by atoms with van der Waals surface area (Å²) in [6, 6.07) is 6.62. The molecule has 0 amide bonds. The first kappa shape index (κ1) is 15.5. The zero-order valence-corrected chi connectivity index (χ0v) is 13.5. The highest BCUT2D eigenvalue weighted by Gasteiger charge is 2.11. The Morgan fingerprint density at radius 3 is 2.63 bits per heavy atom. The standard InChI is InChI=1S/C15H21Cl2NS/c16-14-8-7-13(11-15(14)17)19-10-4-9-18-12-5-2-1-3-6-12/h7-8,11-12,18H,1-6,9-10H2. The van der Waals surface area contributed by atoms with Crippen molar-refractivity contribution in [2.24, 2.45) is 0 Å². The van der Waals surface area contributed by atoms with E-state index in [4.69, 9.17) is 23.2 Å². The summed E-state index contributed by atoms with van der Waals surface area (Å²) in [5, 5.41) is 4.94. The number of benzene rings is 1. The lowest BCUT2D eigenvalue weighted by Gasteiger charge is -2.22. The Labute approximate surface area is 130 Å². The minimum Gasteiger partial charge on any atom is -0.314 e.